The molecule has 1 aliphatic heterocycles. The SMILES string of the molecule is COc1ccc(C2OC(OC)c3c2n(S(=O)(=O)c2ccccc2)c2ccccc32)cc1OC. The van der Waals surface area contributed by atoms with Crippen LogP contribution in [0.2, 0.25) is 0 Å². The van der Waals surface area contributed by atoms with Gasteiger partial charge in [0.25, 0.3) is 10.0 Å². The minimum absolute atomic E-state index is 0.195. The maximum Gasteiger partial charge on any atom is 0.268 e. The molecule has 0 fully saturated rings. The van der Waals surface area contributed by atoms with Gasteiger partial charge in [0.15, 0.2) is 17.8 Å². The van der Waals surface area contributed by atoms with E-state index < -0.39 is 22.4 Å². The van der Waals surface area contributed by atoms with Gasteiger partial charge in [0.1, 0.15) is 6.10 Å². The molecule has 3 aromatic carbocycles. The molecular weight excluding hydrogens is 442 g/mol. The van der Waals surface area contributed by atoms with Crippen molar-refractivity contribution in [3.63, 3.8) is 0 Å². The van der Waals surface area contributed by atoms with Crippen molar-refractivity contribution in [1.82, 2.24) is 3.97 Å². The Morgan fingerprint density at radius 3 is 2.24 bits per heavy atom. The average Bonchev–Trinajstić information content (AvgIpc) is 3.40. The molecule has 0 bridgehead atoms. The fraction of sp³-hybridized carbons (Fsp3) is 0.200. The van der Waals surface area contributed by atoms with Gasteiger partial charge in [0.05, 0.1) is 30.3 Å². The molecule has 0 saturated heterocycles. The molecule has 0 amide bonds. The number of methoxy groups -OCH3 is 3. The number of hydrogen-bond donors (Lipinski definition) is 0. The first-order chi connectivity index (χ1) is 16.0. The minimum Gasteiger partial charge on any atom is -0.493 e. The van der Waals surface area contributed by atoms with E-state index in [-0.39, 0.29) is 4.90 Å². The van der Waals surface area contributed by atoms with Crippen LogP contribution < -0.4 is 9.47 Å². The van der Waals surface area contributed by atoms with E-state index in [0.717, 1.165) is 10.9 Å². The lowest BCUT2D eigenvalue weighted by atomic mass is 10.0. The largest absolute Gasteiger partial charge is 0.493 e. The molecule has 1 aromatic heterocycles. The number of para-hydroxylation sites is 1. The molecule has 5 rings (SSSR count). The van der Waals surface area contributed by atoms with Crippen LogP contribution in [0, 0.1) is 0 Å². The third-order valence-electron chi connectivity index (χ3n) is 5.86. The third kappa shape index (κ3) is 3.30. The number of benzene rings is 3. The van der Waals surface area contributed by atoms with E-state index in [0.29, 0.717) is 28.3 Å². The van der Waals surface area contributed by atoms with Crippen molar-refractivity contribution < 1.29 is 27.4 Å². The Bertz CT molecular complexity index is 1430. The van der Waals surface area contributed by atoms with E-state index >= 15 is 0 Å². The lowest BCUT2D eigenvalue weighted by Gasteiger charge is -2.19. The van der Waals surface area contributed by atoms with Gasteiger partial charge in [0, 0.05) is 18.1 Å². The van der Waals surface area contributed by atoms with Crippen LogP contribution in [0.3, 0.4) is 0 Å². The summed E-state index contributed by atoms with van der Waals surface area (Å²) in [5.74, 6) is 1.09. The second-order valence-corrected chi connectivity index (χ2v) is 9.38. The van der Waals surface area contributed by atoms with Crippen molar-refractivity contribution in [3.05, 3.63) is 89.6 Å². The van der Waals surface area contributed by atoms with Gasteiger partial charge in [-0.3, -0.25) is 0 Å². The van der Waals surface area contributed by atoms with Crippen LogP contribution in [0.1, 0.15) is 29.2 Å². The number of rotatable bonds is 6. The van der Waals surface area contributed by atoms with Crippen molar-refractivity contribution in [2.45, 2.75) is 17.3 Å². The molecule has 0 N–H and O–H groups in total. The minimum atomic E-state index is -3.92. The summed E-state index contributed by atoms with van der Waals surface area (Å²) >= 11 is 0. The lowest BCUT2D eigenvalue weighted by molar-refractivity contribution is -0.132. The normalized spacial score (nSPS) is 17.8. The molecule has 4 aromatic rings. The first-order valence-corrected chi connectivity index (χ1v) is 11.8. The highest BCUT2D eigenvalue weighted by Crippen LogP contribution is 2.49. The van der Waals surface area contributed by atoms with Gasteiger partial charge in [0.2, 0.25) is 0 Å². The summed E-state index contributed by atoms with van der Waals surface area (Å²) in [4.78, 5) is 0.195. The molecule has 170 valence electrons. The zero-order chi connectivity index (χ0) is 23.2. The smallest absolute Gasteiger partial charge is 0.268 e. The molecule has 33 heavy (non-hydrogen) atoms. The van der Waals surface area contributed by atoms with E-state index in [1.807, 2.05) is 24.3 Å². The second-order valence-electron chi connectivity index (χ2n) is 7.60. The monoisotopic (exact) mass is 465 g/mol. The first kappa shape index (κ1) is 21.5. The zero-order valence-corrected chi connectivity index (χ0v) is 19.2. The molecular formula is C25H23NO6S. The number of nitrogens with zero attached hydrogens (tertiary/aromatic N) is 1. The van der Waals surface area contributed by atoms with Crippen LogP contribution in [0.15, 0.2) is 77.7 Å². The first-order valence-electron chi connectivity index (χ1n) is 10.3. The predicted molar refractivity (Wildman–Crippen MR) is 123 cm³/mol. The van der Waals surface area contributed by atoms with E-state index in [9.17, 15) is 8.42 Å². The maximum absolute atomic E-state index is 13.9. The maximum atomic E-state index is 13.9. The third-order valence-corrected chi connectivity index (χ3v) is 7.60. The van der Waals surface area contributed by atoms with Gasteiger partial charge >= 0.3 is 0 Å². The Morgan fingerprint density at radius 1 is 0.848 bits per heavy atom. The van der Waals surface area contributed by atoms with Crippen molar-refractivity contribution in [2.75, 3.05) is 21.3 Å². The molecule has 0 aliphatic carbocycles. The highest BCUT2D eigenvalue weighted by molar-refractivity contribution is 7.90. The van der Waals surface area contributed by atoms with E-state index in [1.165, 1.54) is 3.97 Å². The van der Waals surface area contributed by atoms with Gasteiger partial charge < -0.3 is 18.9 Å². The fourth-order valence-electron chi connectivity index (χ4n) is 4.39. The topological polar surface area (TPSA) is 76.0 Å². The average molecular weight is 466 g/mol. The van der Waals surface area contributed by atoms with Crippen molar-refractivity contribution in [3.8, 4) is 11.5 Å². The molecule has 2 heterocycles. The number of ether oxygens (including phenoxy) is 4. The quantitative estimate of drug-likeness (QED) is 0.412. The molecule has 8 heteroatoms. The van der Waals surface area contributed by atoms with Crippen molar-refractivity contribution >= 4 is 20.9 Å². The lowest BCUT2D eigenvalue weighted by Crippen LogP contribution is -2.18. The Kier molecular flexibility index (Phi) is 5.36. The summed E-state index contributed by atoms with van der Waals surface area (Å²) in [6.07, 6.45) is -1.43. The Morgan fingerprint density at radius 2 is 1.55 bits per heavy atom. The van der Waals surface area contributed by atoms with Gasteiger partial charge in [-0.25, -0.2) is 12.4 Å². The standard InChI is InChI=1S/C25H23NO6S/c1-29-20-14-13-16(15-21(20)30-2)24-23-22(25(31-3)32-24)18-11-7-8-12-19(18)26(23)33(27,28)17-9-5-4-6-10-17/h4-15,24-25H,1-3H3. The second kappa shape index (κ2) is 8.22. The summed E-state index contributed by atoms with van der Waals surface area (Å²) in [6.45, 7) is 0. The van der Waals surface area contributed by atoms with Crippen LogP contribution in [-0.2, 0) is 19.5 Å². The number of aromatic nitrogens is 1. The Labute approximate surface area is 192 Å². The summed E-state index contributed by atoms with van der Waals surface area (Å²) < 4.78 is 51.9. The predicted octanol–water partition coefficient (Wildman–Crippen LogP) is 4.66. The summed E-state index contributed by atoms with van der Waals surface area (Å²) in [7, 11) is 0.737. The zero-order valence-electron chi connectivity index (χ0n) is 18.4. The van der Waals surface area contributed by atoms with E-state index in [1.54, 1.807) is 69.9 Å². The summed E-state index contributed by atoms with van der Waals surface area (Å²) in [6, 6.07) is 21.2. The van der Waals surface area contributed by atoms with Crippen LogP contribution in [0.4, 0.5) is 0 Å². The molecule has 2 unspecified atom stereocenters. The van der Waals surface area contributed by atoms with Crippen molar-refractivity contribution in [1.29, 1.82) is 0 Å². The van der Waals surface area contributed by atoms with Crippen molar-refractivity contribution in [2.24, 2.45) is 0 Å². The number of fused-ring (bicyclic) bond motifs is 3. The van der Waals surface area contributed by atoms with Gasteiger partial charge in [-0.05, 0) is 35.9 Å². The number of hydrogen-bond acceptors (Lipinski definition) is 6. The van der Waals surface area contributed by atoms with Crippen LogP contribution in [0.5, 0.6) is 11.5 Å². The highest BCUT2D eigenvalue weighted by Gasteiger charge is 2.42. The molecule has 7 nitrogen and oxygen atoms in total. The van der Waals surface area contributed by atoms with Gasteiger partial charge in [-0.2, -0.15) is 0 Å². The highest BCUT2D eigenvalue weighted by atomic mass is 32.2. The van der Waals surface area contributed by atoms with Gasteiger partial charge in [-0.15, -0.1) is 0 Å². The van der Waals surface area contributed by atoms with E-state index in [4.69, 9.17) is 18.9 Å². The van der Waals surface area contributed by atoms with Gasteiger partial charge in [-0.1, -0.05) is 42.5 Å². The molecule has 2 atom stereocenters. The Hall–Kier alpha value is -3.33. The molecule has 1 aliphatic rings. The van der Waals surface area contributed by atoms with Crippen LogP contribution >= 0.6 is 0 Å². The summed E-state index contributed by atoms with van der Waals surface area (Å²) in [5.41, 5.74) is 2.51. The molecule has 0 spiro atoms. The fourth-order valence-corrected chi connectivity index (χ4v) is 5.97. The Balaban J connectivity index is 1.81. The van der Waals surface area contributed by atoms with Crippen LogP contribution in [0.25, 0.3) is 10.9 Å². The summed E-state index contributed by atoms with van der Waals surface area (Å²) in [5, 5.41) is 0.766. The molecule has 0 radical (unpaired) electrons. The van der Waals surface area contributed by atoms with Crippen LogP contribution in [-0.4, -0.2) is 33.7 Å². The molecule has 0 saturated carbocycles. The van der Waals surface area contributed by atoms with E-state index in [2.05, 4.69) is 0 Å².